The van der Waals surface area contributed by atoms with Crippen LogP contribution in [0.3, 0.4) is 0 Å². The molecule has 1 N–H and O–H groups in total. The molecule has 80 valence electrons. The molecule has 0 aliphatic rings. The lowest BCUT2D eigenvalue weighted by atomic mass is 10.5. The smallest absolute Gasteiger partial charge is 0.237 e. The van der Waals surface area contributed by atoms with Crippen LogP contribution < -0.4 is 10.1 Å². The molecule has 0 bridgehead atoms. The van der Waals surface area contributed by atoms with Gasteiger partial charge in [-0.1, -0.05) is 11.6 Å². The van der Waals surface area contributed by atoms with E-state index in [-0.39, 0.29) is 0 Å². The lowest BCUT2D eigenvalue weighted by molar-refractivity contribution is 0.314. The minimum atomic E-state index is 0.359. The van der Waals surface area contributed by atoms with Crippen molar-refractivity contribution >= 4 is 17.5 Å². The van der Waals surface area contributed by atoms with Crippen molar-refractivity contribution in [2.24, 2.45) is 0 Å². The van der Waals surface area contributed by atoms with Crippen molar-refractivity contribution in [2.75, 3.05) is 18.5 Å². The molecular formula is C10H12ClN3O. The van der Waals surface area contributed by atoms with Crippen LogP contribution in [-0.2, 0) is 0 Å². The first-order chi connectivity index (χ1) is 7.27. The fraction of sp³-hybridized carbons (Fsp3) is 0.400. The van der Waals surface area contributed by atoms with Crippen LogP contribution in [0.2, 0.25) is 5.02 Å². The molecule has 0 amide bonds. The molecule has 0 saturated carbocycles. The van der Waals surface area contributed by atoms with E-state index in [0.717, 1.165) is 6.54 Å². The Morgan fingerprint density at radius 2 is 2.47 bits per heavy atom. The van der Waals surface area contributed by atoms with E-state index in [4.69, 9.17) is 22.8 Å². The van der Waals surface area contributed by atoms with Gasteiger partial charge in [0.15, 0.2) is 0 Å². The molecule has 1 rings (SSSR count). The molecule has 0 aromatic carbocycles. The van der Waals surface area contributed by atoms with Crippen LogP contribution in [-0.4, -0.2) is 23.1 Å². The highest BCUT2D eigenvalue weighted by molar-refractivity contribution is 6.31. The van der Waals surface area contributed by atoms with E-state index in [1.165, 1.54) is 6.20 Å². The average molecular weight is 226 g/mol. The average Bonchev–Trinajstić information content (AvgIpc) is 2.23. The molecule has 0 unspecified atom stereocenters. The zero-order valence-corrected chi connectivity index (χ0v) is 9.21. The third-order valence-corrected chi connectivity index (χ3v) is 1.79. The molecule has 0 aliphatic heterocycles. The van der Waals surface area contributed by atoms with E-state index in [0.29, 0.717) is 29.9 Å². The van der Waals surface area contributed by atoms with Crippen molar-refractivity contribution in [1.29, 1.82) is 0 Å². The van der Waals surface area contributed by atoms with E-state index < -0.39 is 0 Å². The largest absolute Gasteiger partial charge is 0.475 e. The van der Waals surface area contributed by atoms with Gasteiger partial charge in [-0.3, -0.25) is 0 Å². The first kappa shape index (κ1) is 11.6. The van der Waals surface area contributed by atoms with Crippen LogP contribution in [0.4, 0.5) is 5.95 Å². The molecule has 0 atom stereocenters. The quantitative estimate of drug-likeness (QED) is 0.615. The topological polar surface area (TPSA) is 47.0 Å². The van der Waals surface area contributed by atoms with Gasteiger partial charge in [-0.05, 0) is 6.92 Å². The summed E-state index contributed by atoms with van der Waals surface area (Å²) >= 11 is 5.85. The second kappa shape index (κ2) is 6.10. The Labute approximate surface area is 94.0 Å². The SMILES string of the molecule is C#CCCOc1nc(NCC)ncc1Cl. The van der Waals surface area contributed by atoms with Gasteiger partial charge in [0.25, 0.3) is 0 Å². The molecule has 1 aromatic heterocycles. The van der Waals surface area contributed by atoms with E-state index >= 15 is 0 Å². The molecular weight excluding hydrogens is 214 g/mol. The number of ether oxygens (including phenoxy) is 1. The highest BCUT2D eigenvalue weighted by Crippen LogP contribution is 2.21. The number of nitrogens with zero attached hydrogens (tertiary/aromatic N) is 2. The van der Waals surface area contributed by atoms with Gasteiger partial charge in [0.05, 0.1) is 6.20 Å². The molecule has 0 spiro atoms. The molecule has 0 fully saturated rings. The number of rotatable bonds is 5. The maximum absolute atomic E-state index is 5.85. The van der Waals surface area contributed by atoms with E-state index in [1.54, 1.807) is 0 Å². The standard InChI is InChI=1S/C10H12ClN3O/c1-3-5-6-15-9-8(11)7-13-10(14-9)12-4-2/h1,7H,4-6H2,2H3,(H,12,13,14). The lowest BCUT2D eigenvalue weighted by Crippen LogP contribution is -2.05. The number of hydrogen-bond donors (Lipinski definition) is 1. The second-order valence-electron chi connectivity index (χ2n) is 2.68. The summed E-state index contributed by atoms with van der Waals surface area (Å²) in [6, 6.07) is 0. The molecule has 1 aromatic rings. The molecule has 4 nitrogen and oxygen atoms in total. The van der Waals surface area contributed by atoms with Gasteiger partial charge in [0.1, 0.15) is 11.6 Å². The van der Waals surface area contributed by atoms with Crippen LogP contribution in [0.15, 0.2) is 6.20 Å². The van der Waals surface area contributed by atoms with Gasteiger partial charge < -0.3 is 10.1 Å². The molecule has 15 heavy (non-hydrogen) atoms. The zero-order valence-electron chi connectivity index (χ0n) is 8.46. The third-order valence-electron chi connectivity index (χ3n) is 1.53. The third kappa shape index (κ3) is 3.64. The van der Waals surface area contributed by atoms with Gasteiger partial charge in [-0.25, -0.2) is 4.98 Å². The van der Waals surface area contributed by atoms with Gasteiger partial charge in [-0.2, -0.15) is 4.98 Å². The van der Waals surface area contributed by atoms with E-state index in [1.807, 2.05) is 6.92 Å². The van der Waals surface area contributed by atoms with Gasteiger partial charge in [-0.15, -0.1) is 12.3 Å². The molecule has 0 saturated heterocycles. The van der Waals surface area contributed by atoms with Crippen molar-refractivity contribution in [2.45, 2.75) is 13.3 Å². The second-order valence-corrected chi connectivity index (χ2v) is 3.09. The fourth-order valence-electron chi connectivity index (χ4n) is 0.903. The minimum absolute atomic E-state index is 0.359. The van der Waals surface area contributed by atoms with Crippen molar-refractivity contribution < 1.29 is 4.74 Å². The summed E-state index contributed by atoms with van der Waals surface area (Å²) in [4.78, 5) is 8.07. The summed E-state index contributed by atoms with van der Waals surface area (Å²) in [5.74, 6) is 3.33. The Morgan fingerprint density at radius 1 is 1.67 bits per heavy atom. The Bertz CT molecular complexity index is 362. The summed E-state index contributed by atoms with van der Waals surface area (Å²) in [5, 5.41) is 3.35. The van der Waals surface area contributed by atoms with Crippen LogP contribution >= 0.6 is 11.6 Å². The predicted molar refractivity (Wildman–Crippen MR) is 60.2 cm³/mol. The first-order valence-corrected chi connectivity index (χ1v) is 4.98. The van der Waals surface area contributed by atoms with Gasteiger partial charge in [0, 0.05) is 13.0 Å². The number of halogens is 1. The molecule has 5 heteroatoms. The Kier molecular flexibility index (Phi) is 4.72. The first-order valence-electron chi connectivity index (χ1n) is 4.60. The zero-order chi connectivity index (χ0) is 11.1. The Hall–Kier alpha value is -1.47. The van der Waals surface area contributed by atoms with Crippen LogP contribution in [0.25, 0.3) is 0 Å². The van der Waals surface area contributed by atoms with E-state index in [9.17, 15) is 0 Å². The lowest BCUT2D eigenvalue weighted by Gasteiger charge is -2.07. The number of anilines is 1. The normalized spacial score (nSPS) is 9.40. The molecule has 0 aliphatic carbocycles. The minimum Gasteiger partial charge on any atom is -0.475 e. The Balaban J connectivity index is 2.68. The van der Waals surface area contributed by atoms with Gasteiger partial charge in [0.2, 0.25) is 11.8 Å². The monoisotopic (exact) mass is 225 g/mol. The number of nitrogens with one attached hydrogen (secondary N) is 1. The maximum Gasteiger partial charge on any atom is 0.237 e. The van der Waals surface area contributed by atoms with Crippen LogP contribution in [0.1, 0.15) is 13.3 Å². The summed E-state index contributed by atoms with van der Waals surface area (Å²) in [6.07, 6.45) is 7.12. The van der Waals surface area contributed by atoms with Crippen molar-refractivity contribution in [3.63, 3.8) is 0 Å². The molecule has 0 radical (unpaired) electrons. The maximum atomic E-state index is 5.85. The molecule has 1 heterocycles. The Morgan fingerprint density at radius 3 is 3.13 bits per heavy atom. The highest BCUT2D eigenvalue weighted by Gasteiger charge is 2.05. The van der Waals surface area contributed by atoms with E-state index in [2.05, 4.69) is 21.2 Å². The predicted octanol–water partition coefficient (Wildman–Crippen LogP) is 1.96. The van der Waals surface area contributed by atoms with Crippen LogP contribution in [0.5, 0.6) is 5.88 Å². The summed E-state index contributed by atoms with van der Waals surface area (Å²) < 4.78 is 5.30. The van der Waals surface area contributed by atoms with Crippen molar-refractivity contribution in [3.8, 4) is 18.2 Å². The van der Waals surface area contributed by atoms with Crippen molar-refractivity contribution in [1.82, 2.24) is 9.97 Å². The number of aromatic nitrogens is 2. The number of hydrogen-bond acceptors (Lipinski definition) is 4. The summed E-state index contributed by atoms with van der Waals surface area (Å²) in [7, 11) is 0. The summed E-state index contributed by atoms with van der Waals surface area (Å²) in [6.45, 7) is 3.10. The number of terminal acetylenes is 1. The van der Waals surface area contributed by atoms with Crippen molar-refractivity contribution in [3.05, 3.63) is 11.2 Å². The van der Waals surface area contributed by atoms with Crippen LogP contribution in [0, 0.1) is 12.3 Å². The summed E-state index contributed by atoms with van der Waals surface area (Å²) in [5.41, 5.74) is 0. The van der Waals surface area contributed by atoms with Gasteiger partial charge >= 0.3 is 0 Å². The fourth-order valence-corrected chi connectivity index (χ4v) is 1.05. The highest BCUT2D eigenvalue weighted by atomic mass is 35.5.